The van der Waals surface area contributed by atoms with Crippen LogP contribution in [0.5, 0.6) is 5.75 Å². The number of esters is 1. The number of aliphatic imine (C=N–C) groups is 1. The largest absolute Gasteiger partial charge is 0.424 e. The zero-order valence-electron chi connectivity index (χ0n) is 18.9. The maximum atomic E-state index is 12.6. The van der Waals surface area contributed by atoms with Crippen LogP contribution < -0.4 is 21.5 Å². The lowest BCUT2D eigenvalue weighted by atomic mass is 10.0. The molecule has 0 amide bonds. The zero-order chi connectivity index (χ0) is 25.5. The number of rotatable bonds is 7. The van der Waals surface area contributed by atoms with Crippen molar-refractivity contribution in [1.82, 2.24) is 10.2 Å². The number of para-hydroxylation sites is 2. The van der Waals surface area contributed by atoms with Gasteiger partial charge in [-0.05, 0) is 35.9 Å². The number of guanidine groups is 1. The lowest BCUT2D eigenvalue weighted by molar-refractivity contribution is -0.134. The number of halogens is 2. The van der Waals surface area contributed by atoms with Gasteiger partial charge in [-0.1, -0.05) is 77.8 Å². The number of hydrogen-bond donors (Lipinski definition) is 3. The van der Waals surface area contributed by atoms with Gasteiger partial charge in [0.1, 0.15) is 0 Å². The van der Waals surface area contributed by atoms with E-state index in [4.69, 9.17) is 39.4 Å². The van der Waals surface area contributed by atoms with E-state index in [1.165, 1.54) is 0 Å². The van der Waals surface area contributed by atoms with E-state index in [-0.39, 0.29) is 18.1 Å². The molecule has 0 bridgehead atoms. The van der Waals surface area contributed by atoms with Crippen molar-refractivity contribution in [3.05, 3.63) is 101 Å². The number of hydrogen-bond acceptors (Lipinski definition) is 6. The zero-order valence-corrected chi connectivity index (χ0v) is 20.4. The molecular weight excluding hydrogens is 499 g/mol. The summed E-state index contributed by atoms with van der Waals surface area (Å²) in [6, 6.07) is 24.4. The van der Waals surface area contributed by atoms with Crippen LogP contribution in [0.3, 0.4) is 0 Å². The van der Waals surface area contributed by atoms with Crippen LogP contribution in [-0.2, 0) is 4.79 Å². The summed E-state index contributed by atoms with van der Waals surface area (Å²) in [5.74, 6) is 0.0717. The summed E-state index contributed by atoms with van der Waals surface area (Å²) in [6.45, 7) is 0. The van der Waals surface area contributed by atoms with Gasteiger partial charge in [0.15, 0.2) is 17.5 Å². The van der Waals surface area contributed by atoms with E-state index in [9.17, 15) is 4.79 Å². The van der Waals surface area contributed by atoms with Gasteiger partial charge in [-0.3, -0.25) is 4.79 Å². The highest BCUT2D eigenvalue weighted by atomic mass is 35.5. The van der Waals surface area contributed by atoms with Gasteiger partial charge in [0.25, 0.3) is 0 Å². The quantitative estimate of drug-likeness (QED) is 0.127. The van der Waals surface area contributed by atoms with Crippen molar-refractivity contribution >= 4 is 46.6 Å². The SMILES string of the molecule is NC(=Nc1ccc(-c2ccccc2)nn1)Nc1ccccc1OC(=O)CC(N)c1cccc(Cl)c1Cl. The molecular formula is C26H22Cl2N6O2. The summed E-state index contributed by atoms with van der Waals surface area (Å²) in [5, 5.41) is 11.9. The molecule has 182 valence electrons. The van der Waals surface area contributed by atoms with E-state index in [0.29, 0.717) is 27.1 Å². The summed E-state index contributed by atoms with van der Waals surface area (Å²) >= 11 is 12.3. The summed E-state index contributed by atoms with van der Waals surface area (Å²) < 4.78 is 5.53. The van der Waals surface area contributed by atoms with Crippen LogP contribution >= 0.6 is 23.2 Å². The molecule has 1 atom stereocenters. The monoisotopic (exact) mass is 520 g/mol. The third-order valence-corrected chi connectivity index (χ3v) is 5.93. The second-order valence-electron chi connectivity index (χ2n) is 7.69. The van der Waals surface area contributed by atoms with Gasteiger partial charge in [-0.15, -0.1) is 10.2 Å². The molecule has 1 unspecified atom stereocenters. The van der Waals surface area contributed by atoms with E-state index < -0.39 is 12.0 Å². The molecule has 8 nitrogen and oxygen atoms in total. The number of carbonyl (C=O) groups excluding carboxylic acids is 1. The Morgan fingerprint density at radius 2 is 1.69 bits per heavy atom. The highest BCUT2D eigenvalue weighted by Crippen LogP contribution is 2.31. The first-order valence-corrected chi connectivity index (χ1v) is 11.7. The Balaban J connectivity index is 1.42. The molecule has 1 heterocycles. The molecule has 0 aliphatic rings. The molecule has 5 N–H and O–H groups in total. The number of nitrogens with two attached hydrogens (primary N) is 2. The summed E-state index contributed by atoms with van der Waals surface area (Å²) in [7, 11) is 0. The van der Waals surface area contributed by atoms with Crippen LogP contribution in [0.15, 0.2) is 89.9 Å². The molecule has 4 aromatic rings. The second kappa shape index (κ2) is 11.6. The van der Waals surface area contributed by atoms with Crippen molar-refractivity contribution in [3.63, 3.8) is 0 Å². The van der Waals surface area contributed by atoms with Gasteiger partial charge in [-0.2, -0.15) is 4.99 Å². The van der Waals surface area contributed by atoms with E-state index in [0.717, 1.165) is 11.3 Å². The minimum atomic E-state index is -0.687. The predicted molar refractivity (Wildman–Crippen MR) is 142 cm³/mol. The number of benzene rings is 3. The first kappa shape index (κ1) is 25.1. The fraction of sp³-hybridized carbons (Fsp3) is 0.0769. The molecule has 0 saturated carbocycles. The van der Waals surface area contributed by atoms with Crippen molar-refractivity contribution < 1.29 is 9.53 Å². The standard InChI is InChI=1S/C26H22Cl2N6O2/c27-18-10-6-9-17(25(18)28)19(29)15-24(35)36-22-12-5-4-11-21(22)31-26(30)32-23-14-13-20(33-34-23)16-7-2-1-3-8-16/h1-14,19H,15,29H2,(H3,30,31,32,34). The molecule has 10 heteroatoms. The van der Waals surface area contributed by atoms with Crippen LogP contribution in [0.25, 0.3) is 11.3 Å². The van der Waals surface area contributed by atoms with Crippen LogP contribution in [0.1, 0.15) is 18.0 Å². The third-order valence-electron chi connectivity index (χ3n) is 5.10. The number of nitrogens with one attached hydrogen (secondary N) is 1. The number of ether oxygens (including phenoxy) is 1. The molecule has 0 saturated heterocycles. The Bertz CT molecular complexity index is 1380. The Labute approximate surface area is 217 Å². The fourth-order valence-electron chi connectivity index (χ4n) is 3.36. The van der Waals surface area contributed by atoms with E-state index >= 15 is 0 Å². The molecule has 3 aromatic carbocycles. The van der Waals surface area contributed by atoms with Gasteiger partial charge < -0.3 is 21.5 Å². The summed E-state index contributed by atoms with van der Waals surface area (Å²) in [6.07, 6.45) is -0.110. The highest BCUT2D eigenvalue weighted by Gasteiger charge is 2.18. The van der Waals surface area contributed by atoms with Crippen LogP contribution in [0, 0.1) is 0 Å². The van der Waals surface area contributed by atoms with E-state index in [2.05, 4.69) is 20.5 Å². The Morgan fingerprint density at radius 1 is 0.944 bits per heavy atom. The van der Waals surface area contributed by atoms with Gasteiger partial charge in [0.2, 0.25) is 0 Å². The van der Waals surface area contributed by atoms with Crippen molar-refractivity contribution in [2.45, 2.75) is 12.5 Å². The average Bonchev–Trinajstić information content (AvgIpc) is 2.87. The van der Waals surface area contributed by atoms with Gasteiger partial charge in [-0.25, -0.2) is 0 Å². The van der Waals surface area contributed by atoms with Gasteiger partial charge in [0.05, 0.1) is 27.8 Å². The first-order chi connectivity index (χ1) is 17.4. The molecule has 4 rings (SSSR count). The Kier molecular flexibility index (Phi) is 8.12. The Hall–Kier alpha value is -3.98. The Morgan fingerprint density at radius 3 is 2.44 bits per heavy atom. The van der Waals surface area contributed by atoms with Crippen molar-refractivity contribution in [2.24, 2.45) is 16.5 Å². The molecule has 0 aliphatic carbocycles. The average molecular weight is 521 g/mol. The molecule has 1 aromatic heterocycles. The molecule has 0 aliphatic heterocycles. The third kappa shape index (κ3) is 6.37. The van der Waals surface area contributed by atoms with E-state index in [1.807, 2.05) is 30.3 Å². The maximum Gasteiger partial charge on any atom is 0.313 e. The molecule has 0 radical (unpaired) electrons. The van der Waals surface area contributed by atoms with E-state index in [1.54, 1.807) is 54.6 Å². The lowest BCUT2D eigenvalue weighted by Gasteiger charge is -2.15. The van der Waals surface area contributed by atoms with Crippen molar-refractivity contribution in [1.29, 1.82) is 0 Å². The van der Waals surface area contributed by atoms with Crippen LogP contribution in [-0.4, -0.2) is 22.1 Å². The minimum absolute atomic E-state index is 0.0441. The first-order valence-electron chi connectivity index (χ1n) is 10.9. The maximum absolute atomic E-state index is 12.6. The minimum Gasteiger partial charge on any atom is -0.424 e. The molecule has 0 fully saturated rings. The van der Waals surface area contributed by atoms with Crippen molar-refractivity contribution in [3.8, 4) is 17.0 Å². The van der Waals surface area contributed by atoms with Crippen LogP contribution in [0.4, 0.5) is 11.5 Å². The second-order valence-corrected chi connectivity index (χ2v) is 8.47. The molecule has 36 heavy (non-hydrogen) atoms. The normalized spacial score (nSPS) is 12.1. The lowest BCUT2D eigenvalue weighted by Crippen LogP contribution is -2.23. The molecule has 0 spiro atoms. The number of carbonyl (C=O) groups is 1. The summed E-state index contributed by atoms with van der Waals surface area (Å²) in [5.41, 5.74) is 14.9. The highest BCUT2D eigenvalue weighted by molar-refractivity contribution is 6.42. The number of aromatic nitrogens is 2. The number of anilines is 1. The predicted octanol–water partition coefficient (Wildman–Crippen LogP) is 5.50. The van der Waals surface area contributed by atoms with Gasteiger partial charge in [0, 0.05) is 11.6 Å². The van der Waals surface area contributed by atoms with Gasteiger partial charge >= 0.3 is 5.97 Å². The smallest absolute Gasteiger partial charge is 0.313 e. The fourth-order valence-corrected chi connectivity index (χ4v) is 3.80. The number of nitrogens with zero attached hydrogens (tertiary/aromatic N) is 3. The topological polar surface area (TPSA) is 129 Å². The summed E-state index contributed by atoms with van der Waals surface area (Å²) in [4.78, 5) is 16.8. The van der Waals surface area contributed by atoms with Crippen molar-refractivity contribution in [2.75, 3.05) is 5.32 Å². The van der Waals surface area contributed by atoms with Crippen LogP contribution in [0.2, 0.25) is 10.0 Å².